The molecule has 0 atom stereocenters. The maximum absolute atomic E-state index is 6.69. The molecule has 0 spiro atoms. The van der Waals surface area contributed by atoms with Crippen molar-refractivity contribution in [1.82, 2.24) is 9.55 Å². The van der Waals surface area contributed by atoms with E-state index < -0.39 is 0 Å². The number of anilines is 4. The fraction of sp³-hybridized carbons (Fsp3) is 0.129. The summed E-state index contributed by atoms with van der Waals surface area (Å²) in [7, 11) is 0. The van der Waals surface area contributed by atoms with Crippen LogP contribution in [0.1, 0.15) is 52.7 Å². The summed E-state index contributed by atoms with van der Waals surface area (Å²) in [5.41, 5.74) is 15.3. The van der Waals surface area contributed by atoms with Crippen LogP contribution in [-0.2, 0) is 31.9 Å². The fourth-order valence-corrected chi connectivity index (χ4v) is 9.34. The minimum absolute atomic E-state index is 0. The Bertz CT molecular complexity index is 3400. The molecule has 3 heterocycles. The normalized spacial score (nSPS) is 12.6. The number of fused-ring (bicyclic) bond motifs is 4. The first-order chi connectivity index (χ1) is 32.5. The third kappa shape index (κ3) is 8.41. The van der Waals surface area contributed by atoms with E-state index in [0.29, 0.717) is 11.5 Å². The summed E-state index contributed by atoms with van der Waals surface area (Å²) < 4.78 is 8.92. The van der Waals surface area contributed by atoms with Gasteiger partial charge >= 0.3 is 0 Å². The number of pyridine rings is 1. The maximum atomic E-state index is 6.69. The van der Waals surface area contributed by atoms with E-state index in [2.05, 4.69) is 251 Å². The molecule has 0 saturated heterocycles. The third-order valence-corrected chi connectivity index (χ3v) is 12.8. The number of aromatic nitrogens is 2. The van der Waals surface area contributed by atoms with Crippen LogP contribution < -0.4 is 14.5 Å². The molecular weight excluding hydrogens is 1010 g/mol. The summed E-state index contributed by atoms with van der Waals surface area (Å²) in [5, 5.41) is 2.19. The van der Waals surface area contributed by atoms with Gasteiger partial charge < -0.3 is 19.1 Å². The van der Waals surface area contributed by atoms with Crippen LogP contribution in [0, 0.1) is 18.8 Å². The molecule has 0 radical (unpaired) electrons. The Balaban J connectivity index is 0.00000539. The predicted molar refractivity (Wildman–Crippen MR) is 278 cm³/mol. The smallest absolute Gasteiger partial charge is 0.136 e. The van der Waals surface area contributed by atoms with Crippen LogP contribution in [0.25, 0.3) is 61.0 Å². The molecule has 2 aromatic heterocycles. The van der Waals surface area contributed by atoms with Crippen molar-refractivity contribution in [3.05, 3.63) is 224 Å². The van der Waals surface area contributed by atoms with Crippen molar-refractivity contribution in [2.45, 2.75) is 52.4 Å². The molecule has 10 aromatic rings. The van der Waals surface area contributed by atoms with Crippen LogP contribution >= 0.6 is 0 Å². The maximum Gasteiger partial charge on any atom is 0.136 e. The van der Waals surface area contributed by atoms with Crippen molar-refractivity contribution in [1.29, 1.82) is 0 Å². The molecule has 0 fully saturated rings. The van der Waals surface area contributed by atoms with Crippen molar-refractivity contribution in [2.24, 2.45) is 0 Å². The standard InChI is InChI=1S/C62H51N4O.Pt/c1-61(2,3)47-23-17-24-48(36-47)64-41-65(58-30-16-15-29-57(58)64)49-25-18-26-50(37-49)67-51-31-32-53-52-27-13-14-28-56(52)66(59(53)38-51)60-39-54(55(40-63-60)62(4,5)6)46-34-44(42-19-9-7-10-20-42)33-45(35-46)43-21-11-8-12-22-43;/h7-36,39-41H,1-6H3;/q-3;. The summed E-state index contributed by atoms with van der Waals surface area (Å²) in [6.07, 6.45) is 2.07. The zero-order chi connectivity index (χ0) is 45.9. The molecule has 0 unspecified atom stereocenters. The molecule has 0 amide bonds. The first-order valence-corrected chi connectivity index (χ1v) is 23.0. The van der Waals surface area contributed by atoms with Gasteiger partial charge in [-0.1, -0.05) is 150 Å². The molecule has 6 heteroatoms. The number of hydrogen-bond donors (Lipinski definition) is 0. The molecule has 11 rings (SSSR count). The minimum Gasteiger partial charge on any atom is -0.509 e. The van der Waals surface area contributed by atoms with E-state index in [9.17, 15) is 0 Å². The number of hydrogen-bond acceptors (Lipinski definition) is 4. The Morgan fingerprint density at radius 2 is 1.12 bits per heavy atom. The largest absolute Gasteiger partial charge is 0.509 e. The van der Waals surface area contributed by atoms with Gasteiger partial charge in [-0.25, -0.2) is 4.98 Å². The zero-order valence-corrected chi connectivity index (χ0v) is 41.3. The first-order valence-electron chi connectivity index (χ1n) is 23.0. The molecular formula is C62H51N4OPt-3. The van der Waals surface area contributed by atoms with Gasteiger partial charge in [-0.3, -0.25) is 0 Å². The van der Waals surface area contributed by atoms with Crippen molar-refractivity contribution in [2.75, 3.05) is 9.80 Å². The van der Waals surface area contributed by atoms with E-state index in [4.69, 9.17) is 9.72 Å². The third-order valence-electron chi connectivity index (χ3n) is 12.8. The average molecular weight is 1060 g/mol. The van der Waals surface area contributed by atoms with Gasteiger partial charge in [-0.05, 0) is 115 Å². The van der Waals surface area contributed by atoms with E-state index in [-0.39, 0.29) is 31.9 Å². The van der Waals surface area contributed by atoms with E-state index >= 15 is 0 Å². The number of nitrogens with zero attached hydrogens (tertiary/aromatic N) is 4. The molecule has 0 aliphatic carbocycles. The second-order valence-electron chi connectivity index (χ2n) is 19.5. The molecule has 0 N–H and O–H groups in total. The Labute approximate surface area is 414 Å². The molecule has 8 aromatic carbocycles. The van der Waals surface area contributed by atoms with Gasteiger partial charge in [0.2, 0.25) is 0 Å². The number of para-hydroxylation sites is 3. The van der Waals surface area contributed by atoms with E-state index in [1.807, 2.05) is 18.2 Å². The summed E-state index contributed by atoms with van der Waals surface area (Å²) in [6, 6.07) is 73.8. The molecule has 1 aliphatic heterocycles. The van der Waals surface area contributed by atoms with E-state index in [0.717, 1.165) is 72.6 Å². The van der Waals surface area contributed by atoms with Gasteiger partial charge in [0.1, 0.15) is 5.82 Å². The van der Waals surface area contributed by atoms with Gasteiger partial charge in [-0.2, -0.15) is 12.1 Å². The number of ether oxygens (including phenoxy) is 1. The van der Waals surface area contributed by atoms with Crippen LogP contribution in [0.15, 0.2) is 194 Å². The van der Waals surface area contributed by atoms with Gasteiger partial charge in [0.05, 0.1) is 0 Å². The van der Waals surface area contributed by atoms with Crippen LogP contribution in [0.3, 0.4) is 0 Å². The molecule has 1 aliphatic rings. The van der Waals surface area contributed by atoms with Crippen molar-refractivity contribution < 1.29 is 25.8 Å². The topological polar surface area (TPSA) is 33.5 Å². The number of benzene rings is 8. The molecule has 0 saturated carbocycles. The Morgan fingerprint density at radius 3 is 1.81 bits per heavy atom. The van der Waals surface area contributed by atoms with Crippen molar-refractivity contribution >= 4 is 44.6 Å². The Kier molecular flexibility index (Phi) is 11.7. The van der Waals surface area contributed by atoms with Crippen LogP contribution in [-0.4, -0.2) is 9.55 Å². The van der Waals surface area contributed by atoms with Crippen LogP contribution in [0.5, 0.6) is 11.5 Å². The second-order valence-corrected chi connectivity index (χ2v) is 19.5. The summed E-state index contributed by atoms with van der Waals surface area (Å²) in [6.45, 7) is 15.7. The molecule has 0 bridgehead atoms. The van der Waals surface area contributed by atoms with Crippen LogP contribution in [0.4, 0.5) is 22.7 Å². The summed E-state index contributed by atoms with van der Waals surface area (Å²) in [5.74, 6) is 1.99. The summed E-state index contributed by atoms with van der Waals surface area (Å²) in [4.78, 5) is 9.68. The first kappa shape index (κ1) is 44.6. The van der Waals surface area contributed by atoms with Crippen LogP contribution in [0.2, 0.25) is 0 Å². The zero-order valence-electron chi connectivity index (χ0n) is 39.1. The molecule has 338 valence electrons. The van der Waals surface area contributed by atoms with E-state index in [1.165, 1.54) is 22.3 Å². The van der Waals surface area contributed by atoms with Gasteiger partial charge in [0.15, 0.2) is 0 Å². The predicted octanol–water partition coefficient (Wildman–Crippen LogP) is 16.6. The SMILES string of the molecule is CC(C)(C)c1cccc(N2[CH-]N(c3[c-]c(Oc4[c-]c5c(cc4)c4ccccc4n5-c4cc(-c5cc(-c6ccccc6)cc(-c6ccccc6)c5)c(C(C)(C)C)cn4)ccc3)c3ccccc32)c1.[Pt]. The van der Waals surface area contributed by atoms with Gasteiger partial charge in [-0.15, -0.1) is 48.1 Å². The fourth-order valence-electron chi connectivity index (χ4n) is 9.34. The Hall–Kier alpha value is -7.20. The van der Waals surface area contributed by atoms with Gasteiger partial charge in [0, 0.05) is 61.3 Å². The van der Waals surface area contributed by atoms with E-state index in [1.54, 1.807) is 0 Å². The minimum atomic E-state index is -0.181. The van der Waals surface area contributed by atoms with Crippen molar-refractivity contribution in [3.8, 4) is 50.7 Å². The number of rotatable bonds is 8. The van der Waals surface area contributed by atoms with Gasteiger partial charge in [0.25, 0.3) is 0 Å². The quantitative estimate of drug-likeness (QED) is 0.142. The molecule has 68 heavy (non-hydrogen) atoms. The monoisotopic (exact) mass is 1060 g/mol. The van der Waals surface area contributed by atoms with Crippen molar-refractivity contribution in [3.63, 3.8) is 0 Å². The average Bonchev–Trinajstić information content (AvgIpc) is 3.90. The second kappa shape index (κ2) is 17.8. The Morgan fingerprint density at radius 1 is 0.500 bits per heavy atom. The molecule has 5 nitrogen and oxygen atoms in total. The summed E-state index contributed by atoms with van der Waals surface area (Å²) >= 11 is 0.